The Kier molecular flexibility index (Phi) is 6.18. The molecule has 1 saturated heterocycles. The molecule has 0 radical (unpaired) electrons. The van der Waals surface area contributed by atoms with Gasteiger partial charge in [0.25, 0.3) is 5.91 Å². The monoisotopic (exact) mass is 425 g/mol. The number of aromatic amines is 1. The number of carbonyl (C=O) groups is 1. The fraction of sp³-hybridized carbons (Fsp3) is 0.304. The summed E-state index contributed by atoms with van der Waals surface area (Å²) in [6, 6.07) is 10.8. The molecule has 31 heavy (non-hydrogen) atoms. The van der Waals surface area contributed by atoms with Crippen molar-refractivity contribution in [3.8, 4) is 22.8 Å². The van der Waals surface area contributed by atoms with E-state index >= 15 is 0 Å². The van der Waals surface area contributed by atoms with Crippen LogP contribution >= 0.6 is 0 Å². The summed E-state index contributed by atoms with van der Waals surface area (Å²) in [5.74, 6) is 0.655. The van der Waals surface area contributed by atoms with Crippen molar-refractivity contribution in [3.05, 3.63) is 59.5 Å². The number of aromatic nitrogens is 2. The summed E-state index contributed by atoms with van der Waals surface area (Å²) in [6.45, 7) is 1.29. The maximum Gasteiger partial charge on any atom is 0.255 e. The van der Waals surface area contributed by atoms with E-state index in [0.29, 0.717) is 47.2 Å². The molecule has 3 aromatic rings. The van der Waals surface area contributed by atoms with Gasteiger partial charge in [0.2, 0.25) is 0 Å². The van der Waals surface area contributed by atoms with Crippen LogP contribution in [0, 0.1) is 5.82 Å². The molecule has 1 aliphatic rings. The van der Waals surface area contributed by atoms with Gasteiger partial charge in [-0.25, -0.2) is 4.39 Å². The number of hydrogen-bond donors (Lipinski definition) is 2. The number of carbonyl (C=O) groups excluding carboxylic acids is 1. The predicted octanol–water partition coefficient (Wildman–Crippen LogP) is 4.38. The van der Waals surface area contributed by atoms with E-state index in [1.165, 1.54) is 24.3 Å². The second-order valence-electron chi connectivity index (χ2n) is 7.27. The number of amides is 1. The number of anilines is 1. The molecule has 1 amide bonds. The highest BCUT2D eigenvalue weighted by molar-refractivity contribution is 6.06. The predicted molar refractivity (Wildman–Crippen MR) is 114 cm³/mol. The van der Waals surface area contributed by atoms with Crippen LogP contribution in [0.3, 0.4) is 0 Å². The van der Waals surface area contributed by atoms with Gasteiger partial charge in [0.1, 0.15) is 23.0 Å². The Hall–Kier alpha value is -3.39. The van der Waals surface area contributed by atoms with Crippen molar-refractivity contribution in [1.82, 2.24) is 10.2 Å². The summed E-state index contributed by atoms with van der Waals surface area (Å²) in [6.07, 6.45) is 1.63. The van der Waals surface area contributed by atoms with E-state index in [1.807, 2.05) is 6.07 Å². The average Bonchev–Trinajstić information content (AvgIpc) is 3.22. The molecule has 2 N–H and O–H groups in total. The zero-order valence-electron chi connectivity index (χ0n) is 17.4. The van der Waals surface area contributed by atoms with Crippen molar-refractivity contribution in [2.75, 3.05) is 32.8 Å². The standard InChI is InChI=1S/C23H24FN3O4/c1-29-17-7-8-19(30-2)18(13-17)21-22(20(26-27-21)14-9-11-31-12-10-14)25-23(28)15-3-5-16(24)6-4-15/h3-8,13-14H,9-12H2,1-2H3,(H,25,28)(H,26,27). The fourth-order valence-electron chi connectivity index (χ4n) is 3.74. The molecule has 0 spiro atoms. The van der Waals surface area contributed by atoms with Gasteiger partial charge in [0.15, 0.2) is 0 Å². The van der Waals surface area contributed by atoms with E-state index in [-0.39, 0.29) is 11.8 Å². The number of methoxy groups -OCH3 is 2. The van der Waals surface area contributed by atoms with Crippen molar-refractivity contribution >= 4 is 11.6 Å². The Morgan fingerprint density at radius 1 is 1.13 bits per heavy atom. The van der Waals surface area contributed by atoms with Crippen LogP contribution in [0.1, 0.15) is 34.8 Å². The van der Waals surface area contributed by atoms with Gasteiger partial charge < -0.3 is 19.5 Å². The number of nitrogens with zero attached hydrogens (tertiary/aromatic N) is 1. The minimum atomic E-state index is -0.399. The third-order valence-electron chi connectivity index (χ3n) is 5.43. The van der Waals surface area contributed by atoms with Crippen LogP contribution in [-0.4, -0.2) is 43.5 Å². The van der Waals surface area contributed by atoms with E-state index < -0.39 is 5.82 Å². The third kappa shape index (κ3) is 4.39. The van der Waals surface area contributed by atoms with Crippen LogP contribution in [-0.2, 0) is 4.74 Å². The first-order chi connectivity index (χ1) is 15.1. The zero-order chi connectivity index (χ0) is 21.8. The Balaban J connectivity index is 1.78. The molecule has 0 atom stereocenters. The molecule has 0 unspecified atom stereocenters. The number of hydrogen-bond acceptors (Lipinski definition) is 5. The number of benzene rings is 2. The van der Waals surface area contributed by atoms with Gasteiger partial charge in [-0.15, -0.1) is 0 Å². The molecule has 0 saturated carbocycles. The van der Waals surface area contributed by atoms with Crippen molar-refractivity contribution in [2.24, 2.45) is 0 Å². The maximum absolute atomic E-state index is 13.3. The number of H-pyrrole nitrogens is 1. The highest BCUT2D eigenvalue weighted by Crippen LogP contribution is 2.41. The Morgan fingerprint density at radius 2 is 1.87 bits per heavy atom. The van der Waals surface area contributed by atoms with Crippen LogP contribution in [0.5, 0.6) is 11.5 Å². The second-order valence-corrected chi connectivity index (χ2v) is 7.27. The minimum absolute atomic E-state index is 0.162. The second kappa shape index (κ2) is 9.18. The van der Waals surface area contributed by atoms with Crippen molar-refractivity contribution in [2.45, 2.75) is 18.8 Å². The Morgan fingerprint density at radius 3 is 2.55 bits per heavy atom. The summed E-state index contributed by atoms with van der Waals surface area (Å²) in [5, 5.41) is 10.6. The molecule has 4 rings (SSSR count). The summed E-state index contributed by atoms with van der Waals surface area (Å²) in [5.41, 5.74) is 2.99. The Labute approximate surface area is 179 Å². The fourth-order valence-corrected chi connectivity index (χ4v) is 3.74. The smallest absolute Gasteiger partial charge is 0.255 e. The Bertz CT molecular complexity index is 1060. The summed E-state index contributed by atoms with van der Waals surface area (Å²) in [7, 11) is 3.16. The van der Waals surface area contributed by atoms with E-state index in [9.17, 15) is 9.18 Å². The van der Waals surface area contributed by atoms with Crippen LogP contribution in [0.2, 0.25) is 0 Å². The van der Waals surface area contributed by atoms with Gasteiger partial charge in [-0.2, -0.15) is 5.10 Å². The molecule has 7 nitrogen and oxygen atoms in total. The number of nitrogens with one attached hydrogen (secondary N) is 2. The lowest BCUT2D eigenvalue weighted by Gasteiger charge is -2.22. The molecule has 0 bridgehead atoms. The van der Waals surface area contributed by atoms with Gasteiger partial charge in [-0.3, -0.25) is 9.89 Å². The van der Waals surface area contributed by atoms with Crippen LogP contribution < -0.4 is 14.8 Å². The van der Waals surface area contributed by atoms with Gasteiger partial charge >= 0.3 is 0 Å². The minimum Gasteiger partial charge on any atom is -0.497 e. The van der Waals surface area contributed by atoms with Gasteiger partial charge in [-0.05, 0) is 55.3 Å². The molecule has 162 valence electrons. The molecule has 1 aliphatic heterocycles. The van der Waals surface area contributed by atoms with E-state index in [1.54, 1.807) is 26.4 Å². The molecule has 0 aliphatic carbocycles. The SMILES string of the molecule is COc1ccc(OC)c(-c2n[nH]c(C3CCOCC3)c2NC(=O)c2ccc(F)cc2)c1. The topological polar surface area (TPSA) is 85.5 Å². The molecular weight excluding hydrogens is 401 g/mol. The lowest BCUT2D eigenvalue weighted by atomic mass is 9.94. The highest BCUT2D eigenvalue weighted by atomic mass is 19.1. The average molecular weight is 425 g/mol. The number of ether oxygens (including phenoxy) is 3. The largest absolute Gasteiger partial charge is 0.497 e. The first-order valence-electron chi connectivity index (χ1n) is 10.1. The summed E-state index contributed by atoms with van der Waals surface area (Å²) >= 11 is 0. The normalized spacial score (nSPS) is 14.3. The third-order valence-corrected chi connectivity index (χ3v) is 5.43. The molecular formula is C23H24FN3O4. The van der Waals surface area contributed by atoms with Crippen molar-refractivity contribution in [3.63, 3.8) is 0 Å². The van der Waals surface area contributed by atoms with Crippen LogP contribution in [0.25, 0.3) is 11.3 Å². The lowest BCUT2D eigenvalue weighted by Crippen LogP contribution is -2.18. The molecule has 1 fully saturated rings. The van der Waals surface area contributed by atoms with E-state index in [2.05, 4.69) is 15.5 Å². The zero-order valence-corrected chi connectivity index (χ0v) is 17.4. The van der Waals surface area contributed by atoms with Gasteiger partial charge in [0, 0.05) is 30.3 Å². The highest BCUT2D eigenvalue weighted by Gasteiger charge is 2.27. The van der Waals surface area contributed by atoms with Crippen LogP contribution in [0.4, 0.5) is 10.1 Å². The van der Waals surface area contributed by atoms with Crippen LogP contribution in [0.15, 0.2) is 42.5 Å². The van der Waals surface area contributed by atoms with E-state index in [4.69, 9.17) is 14.2 Å². The first-order valence-corrected chi connectivity index (χ1v) is 10.1. The molecule has 1 aromatic heterocycles. The molecule has 2 heterocycles. The lowest BCUT2D eigenvalue weighted by molar-refractivity contribution is 0.0846. The van der Waals surface area contributed by atoms with E-state index in [0.717, 1.165) is 18.5 Å². The number of rotatable bonds is 6. The van der Waals surface area contributed by atoms with Gasteiger partial charge in [-0.1, -0.05) is 0 Å². The van der Waals surface area contributed by atoms with Crippen molar-refractivity contribution < 1.29 is 23.4 Å². The van der Waals surface area contributed by atoms with Crippen molar-refractivity contribution in [1.29, 1.82) is 0 Å². The molecule has 2 aromatic carbocycles. The summed E-state index contributed by atoms with van der Waals surface area (Å²) < 4.78 is 29.7. The quantitative estimate of drug-likeness (QED) is 0.612. The summed E-state index contributed by atoms with van der Waals surface area (Å²) in [4.78, 5) is 13.0. The maximum atomic E-state index is 13.3. The molecule has 8 heteroatoms. The first kappa shape index (κ1) is 20.9. The number of halogens is 1. The van der Waals surface area contributed by atoms with Gasteiger partial charge in [0.05, 0.1) is 25.6 Å².